The lowest BCUT2D eigenvalue weighted by Crippen LogP contribution is -2.25. The summed E-state index contributed by atoms with van der Waals surface area (Å²) in [6.45, 7) is 6.30. The summed E-state index contributed by atoms with van der Waals surface area (Å²) in [5, 5.41) is 2.48. The molecule has 1 aliphatic carbocycles. The molecule has 0 bridgehead atoms. The van der Waals surface area contributed by atoms with Crippen LogP contribution in [0.15, 0.2) is 36.4 Å². The molecule has 2 aromatic rings. The second kappa shape index (κ2) is 8.65. The van der Waals surface area contributed by atoms with Gasteiger partial charge in [0, 0.05) is 11.3 Å². The molecule has 0 aromatic heterocycles. The fourth-order valence-electron chi connectivity index (χ4n) is 4.05. The van der Waals surface area contributed by atoms with Gasteiger partial charge in [0.15, 0.2) is 0 Å². The normalized spacial score (nSPS) is 17.0. The van der Waals surface area contributed by atoms with Gasteiger partial charge >= 0.3 is 5.97 Å². The number of hydrogen-bond donors (Lipinski definition) is 0. The number of carbonyl (C=O) groups is 1. The van der Waals surface area contributed by atoms with Gasteiger partial charge in [0.05, 0.1) is 12.5 Å². The van der Waals surface area contributed by atoms with Gasteiger partial charge in [-0.15, -0.1) is 11.6 Å². The van der Waals surface area contributed by atoms with Crippen molar-refractivity contribution in [2.45, 2.75) is 64.7 Å². The molecule has 3 rings (SSSR count). The quantitative estimate of drug-likeness (QED) is 0.403. The fourth-order valence-corrected chi connectivity index (χ4v) is 4.13. The molecule has 3 heteroatoms. The van der Waals surface area contributed by atoms with E-state index < -0.39 is 0 Å². The number of fused-ring (bicyclic) bond motifs is 1. The summed E-state index contributed by atoms with van der Waals surface area (Å²) in [7, 11) is 0. The van der Waals surface area contributed by atoms with Crippen LogP contribution in [0, 0.1) is 5.41 Å². The largest absolute Gasteiger partial charge is 0.465 e. The molecular weight excluding hydrogens is 356 g/mol. The third-order valence-electron chi connectivity index (χ3n) is 5.82. The van der Waals surface area contributed by atoms with Gasteiger partial charge in [-0.1, -0.05) is 69.5 Å². The van der Waals surface area contributed by atoms with Gasteiger partial charge in [-0.05, 0) is 47.6 Å². The monoisotopic (exact) mass is 386 g/mol. The maximum absolute atomic E-state index is 12.7. The number of ether oxygens (including phenoxy) is 1. The molecule has 1 aliphatic rings. The Bertz CT molecular complexity index is 790. The van der Waals surface area contributed by atoms with Crippen LogP contribution in [0.2, 0.25) is 0 Å². The van der Waals surface area contributed by atoms with E-state index in [0.29, 0.717) is 18.4 Å². The first-order valence-electron chi connectivity index (χ1n) is 10.2. The summed E-state index contributed by atoms with van der Waals surface area (Å²) in [6, 6.07) is 12.9. The smallest absolute Gasteiger partial charge is 0.313 e. The standard InChI is InChI=1S/C24H31ClO2/c1-17(23(26)27-16-24(2,3)15-25)19-13-14-20(18-9-5-4-6-10-18)22-12-8-7-11-21(19)22/h7-8,11-14,17-18H,4-6,9-10,15-16H2,1-3H3. The minimum atomic E-state index is -0.290. The lowest BCUT2D eigenvalue weighted by atomic mass is 9.80. The van der Waals surface area contributed by atoms with Crippen molar-refractivity contribution in [3.05, 3.63) is 47.5 Å². The van der Waals surface area contributed by atoms with Crippen LogP contribution in [-0.2, 0) is 9.53 Å². The first-order valence-corrected chi connectivity index (χ1v) is 10.7. The molecule has 1 fully saturated rings. The average Bonchev–Trinajstić information content (AvgIpc) is 2.71. The maximum atomic E-state index is 12.7. The van der Waals surface area contributed by atoms with E-state index in [1.54, 1.807) is 0 Å². The van der Waals surface area contributed by atoms with Crippen LogP contribution in [-0.4, -0.2) is 18.5 Å². The van der Waals surface area contributed by atoms with Crippen LogP contribution in [0.3, 0.4) is 0 Å². The second-order valence-corrected chi connectivity index (χ2v) is 9.02. The van der Waals surface area contributed by atoms with Crippen molar-refractivity contribution in [1.29, 1.82) is 0 Å². The molecule has 0 amide bonds. The van der Waals surface area contributed by atoms with Crippen molar-refractivity contribution in [3.8, 4) is 0 Å². The molecule has 0 radical (unpaired) electrons. The fraction of sp³-hybridized carbons (Fsp3) is 0.542. The van der Waals surface area contributed by atoms with Gasteiger partial charge in [-0.25, -0.2) is 0 Å². The molecule has 0 heterocycles. The number of esters is 1. The van der Waals surface area contributed by atoms with Crippen LogP contribution in [0.5, 0.6) is 0 Å². The zero-order valence-electron chi connectivity index (χ0n) is 16.8. The number of rotatable bonds is 6. The number of alkyl halides is 1. The summed E-state index contributed by atoms with van der Waals surface area (Å²) >= 11 is 5.95. The molecule has 0 saturated heterocycles. The van der Waals surface area contributed by atoms with E-state index in [9.17, 15) is 4.79 Å². The molecule has 2 aromatic carbocycles. The predicted octanol–water partition coefficient (Wildman–Crippen LogP) is 6.80. The highest BCUT2D eigenvalue weighted by molar-refractivity contribution is 6.18. The molecule has 0 N–H and O–H groups in total. The predicted molar refractivity (Wildman–Crippen MR) is 114 cm³/mol. The Labute approximate surface area is 168 Å². The van der Waals surface area contributed by atoms with E-state index in [1.165, 1.54) is 48.4 Å². The number of hydrogen-bond acceptors (Lipinski definition) is 2. The van der Waals surface area contributed by atoms with Crippen LogP contribution >= 0.6 is 11.6 Å². The maximum Gasteiger partial charge on any atom is 0.313 e. The van der Waals surface area contributed by atoms with Gasteiger partial charge in [-0.2, -0.15) is 0 Å². The Hall–Kier alpha value is -1.54. The van der Waals surface area contributed by atoms with E-state index in [0.717, 1.165) is 5.56 Å². The number of benzene rings is 2. The molecule has 27 heavy (non-hydrogen) atoms. The first kappa shape index (κ1) is 20.2. The van der Waals surface area contributed by atoms with Crippen LogP contribution < -0.4 is 0 Å². The van der Waals surface area contributed by atoms with Crippen molar-refractivity contribution in [2.75, 3.05) is 12.5 Å². The van der Waals surface area contributed by atoms with Gasteiger partial charge in [0.25, 0.3) is 0 Å². The van der Waals surface area contributed by atoms with E-state index in [2.05, 4.69) is 36.4 Å². The van der Waals surface area contributed by atoms with Crippen molar-refractivity contribution in [3.63, 3.8) is 0 Å². The van der Waals surface area contributed by atoms with Crippen LogP contribution in [0.1, 0.15) is 75.8 Å². The summed E-state index contributed by atoms with van der Waals surface area (Å²) in [5.41, 5.74) is 2.29. The summed E-state index contributed by atoms with van der Waals surface area (Å²) in [4.78, 5) is 12.7. The van der Waals surface area contributed by atoms with Crippen LogP contribution in [0.4, 0.5) is 0 Å². The SMILES string of the molecule is CC(C(=O)OCC(C)(C)CCl)c1ccc(C2CCCCC2)c2ccccc12. The Morgan fingerprint density at radius 2 is 1.78 bits per heavy atom. The van der Waals surface area contributed by atoms with E-state index in [-0.39, 0.29) is 17.3 Å². The van der Waals surface area contributed by atoms with Gasteiger partial charge in [-0.3, -0.25) is 4.79 Å². The van der Waals surface area contributed by atoms with Gasteiger partial charge in [0.2, 0.25) is 0 Å². The minimum absolute atomic E-state index is 0.177. The Morgan fingerprint density at radius 1 is 1.11 bits per heavy atom. The zero-order valence-corrected chi connectivity index (χ0v) is 17.5. The molecule has 1 atom stereocenters. The molecular formula is C24H31ClO2. The highest BCUT2D eigenvalue weighted by Crippen LogP contribution is 2.38. The van der Waals surface area contributed by atoms with E-state index >= 15 is 0 Å². The molecule has 0 aliphatic heterocycles. The molecule has 1 unspecified atom stereocenters. The molecule has 146 valence electrons. The van der Waals surface area contributed by atoms with E-state index in [4.69, 9.17) is 16.3 Å². The summed E-state index contributed by atoms with van der Waals surface area (Å²) in [5.74, 6) is 0.642. The third kappa shape index (κ3) is 4.66. The highest BCUT2D eigenvalue weighted by Gasteiger charge is 2.25. The van der Waals surface area contributed by atoms with E-state index in [1.807, 2.05) is 20.8 Å². The molecule has 2 nitrogen and oxygen atoms in total. The second-order valence-electron chi connectivity index (χ2n) is 8.75. The highest BCUT2D eigenvalue weighted by atomic mass is 35.5. The molecule has 1 saturated carbocycles. The summed E-state index contributed by atoms with van der Waals surface area (Å²) in [6.07, 6.45) is 6.54. The van der Waals surface area contributed by atoms with Crippen molar-refractivity contribution in [1.82, 2.24) is 0 Å². The van der Waals surface area contributed by atoms with Crippen molar-refractivity contribution >= 4 is 28.3 Å². The number of carbonyl (C=O) groups excluding carboxylic acids is 1. The number of halogens is 1. The Morgan fingerprint density at radius 3 is 2.44 bits per heavy atom. The van der Waals surface area contributed by atoms with Crippen molar-refractivity contribution in [2.24, 2.45) is 5.41 Å². The Balaban J connectivity index is 1.87. The zero-order chi connectivity index (χ0) is 19.4. The van der Waals surface area contributed by atoms with Crippen molar-refractivity contribution < 1.29 is 9.53 Å². The van der Waals surface area contributed by atoms with Gasteiger partial charge < -0.3 is 4.74 Å². The topological polar surface area (TPSA) is 26.3 Å². The van der Waals surface area contributed by atoms with Gasteiger partial charge in [0.1, 0.15) is 0 Å². The average molecular weight is 387 g/mol. The van der Waals surface area contributed by atoms with Crippen LogP contribution in [0.25, 0.3) is 10.8 Å². The lowest BCUT2D eigenvalue weighted by molar-refractivity contribution is -0.147. The lowest BCUT2D eigenvalue weighted by Gasteiger charge is -2.25. The minimum Gasteiger partial charge on any atom is -0.465 e. The molecule has 0 spiro atoms. The first-order chi connectivity index (χ1) is 12.9. The summed E-state index contributed by atoms with van der Waals surface area (Å²) < 4.78 is 5.59. The Kier molecular flexibility index (Phi) is 6.47. The third-order valence-corrected chi connectivity index (χ3v) is 6.55.